The number of hydrogen-bond donors (Lipinski definition) is 0. The van der Waals surface area contributed by atoms with E-state index in [1.54, 1.807) is 6.92 Å². The average molecular weight is 287 g/mol. The first-order valence-electron chi connectivity index (χ1n) is 6.32. The van der Waals surface area contributed by atoms with Gasteiger partial charge in [0.25, 0.3) is 0 Å². The highest BCUT2D eigenvalue weighted by molar-refractivity contribution is 5.99. The predicted molar refractivity (Wildman–Crippen MR) is 75.7 cm³/mol. The van der Waals surface area contributed by atoms with Gasteiger partial charge in [-0.05, 0) is 31.4 Å². The van der Waals surface area contributed by atoms with Crippen LogP contribution in [-0.2, 0) is 4.79 Å². The number of carbonyl (C=O) groups excluding carboxylic acids is 1. The minimum atomic E-state index is -4.54. The summed E-state index contributed by atoms with van der Waals surface area (Å²) in [6, 6.07) is 0. The van der Waals surface area contributed by atoms with Crippen LogP contribution < -0.4 is 0 Å². The van der Waals surface area contributed by atoms with Crippen LogP contribution in [0.1, 0.15) is 40.5 Å². The van der Waals surface area contributed by atoms with Crippen LogP contribution in [0.2, 0.25) is 0 Å². The molecule has 0 heterocycles. The summed E-state index contributed by atoms with van der Waals surface area (Å²) in [4.78, 5) is 15.0. The molecule has 0 saturated carbocycles. The van der Waals surface area contributed by atoms with Gasteiger partial charge in [0, 0.05) is 6.92 Å². The van der Waals surface area contributed by atoms with Crippen molar-refractivity contribution in [3.8, 4) is 0 Å². The monoisotopic (exact) mass is 287 g/mol. The zero-order chi connectivity index (χ0) is 15.9. The fourth-order valence-corrected chi connectivity index (χ4v) is 1.48. The van der Waals surface area contributed by atoms with Gasteiger partial charge < -0.3 is 0 Å². The van der Waals surface area contributed by atoms with Crippen LogP contribution >= 0.6 is 0 Å². The van der Waals surface area contributed by atoms with Crippen molar-refractivity contribution >= 4 is 11.5 Å². The minimum absolute atomic E-state index is 0.179. The quantitative estimate of drug-likeness (QED) is 0.392. The number of Topliss-reactive ketones (excluding diaryl/α,β-unsaturated/α-hetero) is 1. The SMILES string of the molecule is C=CC(=C\CCC)/C(C)=C(/N=C(C)C(F)(F)F)C(C)=O. The molecule has 0 aromatic carbocycles. The minimum Gasteiger partial charge on any atom is -0.293 e. The van der Waals surface area contributed by atoms with Crippen molar-refractivity contribution in [2.24, 2.45) is 4.99 Å². The summed E-state index contributed by atoms with van der Waals surface area (Å²) in [6.45, 7) is 9.22. The maximum atomic E-state index is 12.5. The Morgan fingerprint density at radius 1 is 1.25 bits per heavy atom. The number of unbranched alkanes of at least 4 members (excludes halogenated alkanes) is 1. The lowest BCUT2D eigenvalue weighted by atomic mass is 10.0. The van der Waals surface area contributed by atoms with Gasteiger partial charge in [-0.15, -0.1) is 0 Å². The summed E-state index contributed by atoms with van der Waals surface area (Å²) in [5.41, 5.74) is -0.177. The van der Waals surface area contributed by atoms with Crippen LogP contribution in [0.15, 0.2) is 40.6 Å². The third-order valence-electron chi connectivity index (χ3n) is 2.68. The van der Waals surface area contributed by atoms with Gasteiger partial charge in [-0.1, -0.05) is 32.1 Å². The third kappa shape index (κ3) is 5.55. The van der Waals surface area contributed by atoms with Gasteiger partial charge in [0.1, 0.15) is 11.4 Å². The Balaban J connectivity index is 5.84. The number of rotatable bonds is 6. The Kier molecular flexibility index (Phi) is 7.18. The molecule has 0 spiro atoms. The van der Waals surface area contributed by atoms with Crippen LogP contribution in [0.25, 0.3) is 0 Å². The number of ketones is 1. The molecule has 2 nitrogen and oxygen atoms in total. The number of hydrogen-bond acceptors (Lipinski definition) is 2. The highest BCUT2D eigenvalue weighted by atomic mass is 19.4. The summed E-state index contributed by atoms with van der Waals surface area (Å²) in [7, 11) is 0. The Hall–Kier alpha value is -1.65. The maximum Gasteiger partial charge on any atom is 0.429 e. The highest BCUT2D eigenvalue weighted by Gasteiger charge is 2.32. The topological polar surface area (TPSA) is 29.4 Å². The fraction of sp³-hybridized carbons (Fsp3) is 0.467. The van der Waals surface area contributed by atoms with Gasteiger partial charge in [-0.3, -0.25) is 4.79 Å². The molecule has 0 saturated heterocycles. The zero-order valence-corrected chi connectivity index (χ0v) is 12.3. The summed E-state index contributed by atoms with van der Waals surface area (Å²) < 4.78 is 37.6. The van der Waals surface area contributed by atoms with E-state index in [0.717, 1.165) is 19.8 Å². The second-order valence-corrected chi connectivity index (χ2v) is 4.38. The predicted octanol–water partition coefficient (Wildman–Crippen LogP) is 4.79. The second-order valence-electron chi connectivity index (χ2n) is 4.38. The summed E-state index contributed by atoms with van der Waals surface area (Å²) in [5.74, 6) is -0.504. The fourth-order valence-electron chi connectivity index (χ4n) is 1.48. The molecule has 0 atom stereocenters. The van der Waals surface area contributed by atoms with E-state index in [2.05, 4.69) is 11.6 Å². The zero-order valence-electron chi connectivity index (χ0n) is 12.3. The van der Waals surface area contributed by atoms with E-state index >= 15 is 0 Å². The average Bonchev–Trinajstić information content (AvgIpc) is 2.34. The van der Waals surface area contributed by atoms with Crippen molar-refractivity contribution < 1.29 is 18.0 Å². The molecule has 0 rings (SSSR count). The number of nitrogens with zero attached hydrogens (tertiary/aromatic N) is 1. The number of carbonyl (C=O) groups is 1. The largest absolute Gasteiger partial charge is 0.429 e. The molecule has 0 aliphatic heterocycles. The van der Waals surface area contributed by atoms with Crippen LogP contribution in [0, 0.1) is 0 Å². The number of allylic oxidation sites excluding steroid dienone is 5. The Morgan fingerprint density at radius 3 is 2.15 bits per heavy atom. The maximum absolute atomic E-state index is 12.5. The molecule has 5 heteroatoms. The lowest BCUT2D eigenvalue weighted by Gasteiger charge is -2.10. The molecule has 0 unspecified atom stereocenters. The van der Waals surface area contributed by atoms with Crippen molar-refractivity contribution in [2.45, 2.75) is 46.7 Å². The van der Waals surface area contributed by atoms with E-state index in [-0.39, 0.29) is 5.70 Å². The normalized spacial score (nSPS) is 14.9. The standard InChI is InChI=1S/C15H20F3NO/c1-6-8-9-13(7-2)10(3)14(11(4)20)19-12(5)15(16,17)18/h7,9H,2,6,8H2,1,3-5H3/b13-9+,14-10+,19-12?. The van der Waals surface area contributed by atoms with E-state index in [1.165, 1.54) is 13.0 Å². The van der Waals surface area contributed by atoms with Crippen molar-refractivity contribution in [1.82, 2.24) is 0 Å². The first-order chi connectivity index (χ1) is 9.15. The number of halogens is 3. The van der Waals surface area contributed by atoms with Crippen molar-refractivity contribution in [3.63, 3.8) is 0 Å². The molecule has 0 fully saturated rings. The van der Waals surface area contributed by atoms with Gasteiger partial charge in [0.05, 0.1) is 0 Å². The molecule has 0 aliphatic carbocycles. The summed E-state index contributed by atoms with van der Waals surface area (Å²) >= 11 is 0. The molecule has 0 aromatic heterocycles. The van der Waals surface area contributed by atoms with Crippen molar-refractivity contribution in [1.29, 1.82) is 0 Å². The van der Waals surface area contributed by atoms with Crippen LogP contribution in [0.5, 0.6) is 0 Å². The Morgan fingerprint density at radius 2 is 1.80 bits per heavy atom. The van der Waals surface area contributed by atoms with Crippen LogP contribution in [0.4, 0.5) is 13.2 Å². The first kappa shape index (κ1) is 18.4. The summed E-state index contributed by atoms with van der Waals surface area (Å²) in [6.07, 6.45) is 0.468. The molecule has 0 aliphatic rings. The van der Waals surface area contributed by atoms with E-state index in [9.17, 15) is 18.0 Å². The number of alkyl halides is 3. The molecule has 0 aromatic rings. The lowest BCUT2D eigenvalue weighted by Crippen LogP contribution is -2.20. The van der Waals surface area contributed by atoms with E-state index in [1.807, 2.05) is 13.0 Å². The molecule has 0 bridgehead atoms. The van der Waals surface area contributed by atoms with Crippen molar-refractivity contribution in [3.05, 3.63) is 35.6 Å². The smallest absolute Gasteiger partial charge is 0.293 e. The molecular formula is C15H20F3NO. The van der Waals surface area contributed by atoms with E-state index in [4.69, 9.17) is 0 Å². The molecular weight excluding hydrogens is 267 g/mol. The van der Waals surface area contributed by atoms with Gasteiger partial charge in [0.2, 0.25) is 0 Å². The van der Waals surface area contributed by atoms with Crippen LogP contribution in [-0.4, -0.2) is 17.7 Å². The van der Waals surface area contributed by atoms with Gasteiger partial charge >= 0.3 is 6.18 Å². The second kappa shape index (κ2) is 7.82. The molecule has 0 N–H and O–H groups in total. The van der Waals surface area contributed by atoms with Gasteiger partial charge in [-0.2, -0.15) is 13.2 Å². The van der Waals surface area contributed by atoms with Gasteiger partial charge in [-0.25, -0.2) is 4.99 Å². The third-order valence-corrected chi connectivity index (χ3v) is 2.68. The Bertz CT molecular complexity index is 468. The van der Waals surface area contributed by atoms with E-state index < -0.39 is 17.7 Å². The first-order valence-corrected chi connectivity index (χ1v) is 6.32. The molecule has 112 valence electrons. The van der Waals surface area contributed by atoms with Crippen molar-refractivity contribution in [2.75, 3.05) is 0 Å². The van der Waals surface area contributed by atoms with E-state index in [0.29, 0.717) is 11.1 Å². The molecule has 20 heavy (non-hydrogen) atoms. The lowest BCUT2D eigenvalue weighted by molar-refractivity contribution is -0.113. The summed E-state index contributed by atoms with van der Waals surface area (Å²) in [5, 5.41) is 0. The molecule has 0 amide bonds. The number of aliphatic imine (C=N–C) groups is 1. The highest BCUT2D eigenvalue weighted by Crippen LogP contribution is 2.23. The van der Waals surface area contributed by atoms with Crippen LogP contribution in [0.3, 0.4) is 0 Å². The Labute approximate surface area is 117 Å². The van der Waals surface area contributed by atoms with Gasteiger partial charge in [0.15, 0.2) is 5.78 Å². The molecule has 0 radical (unpaired) electrons.